The molecule has 1 unspecified atom stereocenters. The van der Waals surface area contributed by atoms with Gasteiger partial charge in [-0.1, -0.05) is 11.2 Å². The Morgan fingerprint density at radius 1 is 1.56 bits per heavy atom. The molecule has 1 aromatic heterocycles. The topological polar surface area (TPSA) is 95.0 Å². The maximum Gasteiger partial charge on any atom is 0.188 e. The van der Waals surface area contributed by atoms with Crippen LogP contribution in [0.5, 0.6) is 0 Å². The summed E-state index contributed by atoms with van der Waals surface area (Å²) in [5.41, 5.74) is 5.89. The Hall–Kier alpha value is -1.82. The van der Waals surface area contributed by atoms with Crippen molar-refractivity contribution in [1.29, 1.82) is 0 Å². The molecular formula is C10H14N4O2. The SMILES string of the molecule is NC(=NO)c1cccc(N2CCC(O)C2)n1. The fraction of sp³-hybridized carbons (Fsp3) is 0.400. The van der Waals surface area contributed by atoms with Gasteiger partial charge >= 0.3 is 0 Å². The number of nitrogens with two attached hydrogens (primary N) is 1. The van der Waals surface area contributed by atoms with Gasteiger partial charge in [-0.2, -0.15) is 0 Å². The zero-order valence-corrected chi connectivity index (χ0v) is 8.74. The molecule has 2 heterocycles. The Bertz CT molecular complexity index is 408. The Balaban J connectivity index is 2.22. The van der Waals surface area contributed by atoms with Crippen LogP contribution in [-0.4, -0.2) is 40.3 Å². The number of hydrogen-bond donors (Lipinski definition) is 3. The van der Waals surface area contributed by atoms with E-state index in [1.165, 1.54) is 0 Å². The highest BCUT2D eigenvalue weighted by Gasteiger charge is 2.21. The van der Waals surface area contributed by atoms with Gasteiger partial charge in [-0.25, -0.2) is 4.98 Å². The molecule has 0 amide bonds. The number of hydrogen-bond acceptors (Lipinski definition) is 5. The summed E-state index contributed by atoms with van der Waals surface area (Å²) in [6.45, 7) is 1.35. The molecule has 0 spiro atoms. The average molecular weight is 222 g/mol. The molecule has 0 aliphatic carbocycles. The van der Waals surface area contributed by atoms with Crippen LogP contribution >= 0.6 is 0 Å². The van der Waals surface area contributed by atoms with Gasteiger partial charge in [0.1, 0.15) is 11.5 Å². The molecule has 1 aliphatic heterocycles. The maximum absolute atomic E-state index is 9.43. The summed E-state index contributed by atoms with van der Waals surface area (Å²) in [5, 5.41) is 20.9. The maximum atomic E-state index is 9.43. The first-order valence-corrected chi connectivity index (χ1v) is 5.08. The first-order chi connectivity index (χ1) is 7.70. The molecular weight excluding hydrogens is 208 g/mol. The summed E-state index contributed by atoms with van der Waals surface area (Å²) >= 11 is 0. The fourth-order valence-electron chi connectivity index (χ4n) is 1.74. The number of nitrogens with zero attached hydrogens (tertiary/aromatic N) is 3. The van der Waals surface area contributed by atoms with Gasteiger partial charge in [-0.15, -0.1) is 0 Å². The smallest absolute Gasteiger partial charge is 0.188 e. The first-order valence-electron chi connectivity index (χ1n) is 5.08. The summed E-state index contributed by atoms with van der Waals surface area (Å²) in [6, 6.07) is 5.30. The second kappa shape index (κ2) is 4.36. The molecule has 6 nitrogen and oxygen atoms in total. The molecule has 0 bridgehead atoms. The Kier molecular flexibility index (Phi) is 2.91. The van der Waals surface area contributed by atoms with Crippen LogP contribution in [0.1, 0.15) is 12.1 Å². The van der Waals surface area contributed by atoms with Gasteiger partial charge in [0.2, 0.25) is 0 Å². The number of anilines is 1. The minimum atomic E-state index is -0.297. The predicted octanol–water partition coefficient (Wildman–Crippen LogP) is -0.253. The number of aromatic nitrogens is 1. The quantitative estimate of drug-likeness (QED) is 0.277. The second-order valence-corrected chi connectivity index (χ2v) is 3.75. The third kappa shape index (κ3) is 2.06. The molecule has 1 aliphatic rings. The summed E-state index contributed by atoms with van der Waals surface area (Å²) in [7, 11) is 0. The first kappa shape index (κ1) is 10.7. The van der Waals surface area contributed by atoms with Gasteiger partial charge in [-0.3, -0.25) is 0 Å². The monoisotopic (exact) mass is 222 g/mol. The molecule has 1 saturated heterocycles. The minimum Gasteiger partial charge on any atom is -0.409 e. The van der Waals surface area contributed by atoms with E-state index in [-0.39, 0.29) is 11.9 Å². The Labute approximate surface area is 93.0 Å². The van der Waals surface area contributed by atoms with E-state index in [4.69, 9.17) is 10.9 Å². The zero-order valence-electron chi connectivity index (χ0n) is 8.74. The van der Waals surface area contributed by atoms with E-state index < -0.39 is 0 Å². The van der Waals surface area contributed by atoms with Gasteiger partial charge in [0.05, 0.1) is 6.10 Å². The standard InChI is InChI=1S/C10H14N4O2/c11-10(13-16)8-2-1-3-9(12-8)14-5-4-7(15)6-14/h1-3,7,15-16H,4-6H2,(H2,11,13). The van der Waals surface area contributed by atoms with Crippen LogP contribution in [-0.2, 0) is 0 Å². The molecule has 0 aromatic carbocycles. The van der Waals surface area contributed by atoms with Crippen molar-refractivity contribution in [3.8, 4) is 0 Å². The van der Waals surface area contributed by atoms with E-state index in [1.54, 1.807) is 12.1 Å². The lowest BCUT2D eigenvalue weighted by Gasteiger charge is -2.16. The van der Waals surface area contributed by atoms with Crippen molar-refractivity contribution in [3.05, 3.63) is 23.9 Å². The number of aliphatic hydroxyl groups is 1. The average Bonchev–Trinajstić information content (AvgIpc) is 2.75. The highest BCUT2D eigenvalue weighted by Crippen LogP contribution is 2.18. The highest BCUT2D eigenvalue weighted by atomic mass is 16.4. The largest absolute Gasteiger partial charge is 0.409 e. The van der Waals surface area contributed by atoms with Crippen LogP contribution in [0.2, 0.25) is 0 Å². The zero-order chi connectivity index (χ0) is 11.5. The number of aliphatic hydroxyl groups excluding tert-OH is 1. The molecule has 2 rings (SSSR count). The van der Waals surface area contributed by atoms with Crippen LogP contribution in [0.3, 0.4) is 0 Å². The van der Waals surface area contributed by atoms with Crippen molar-refractivity contribution in [2.45, 2.75) is 12.5 Å². The summed E-state index contributed by atoms with van der Waals surface area (Å²) in [4.78, 5) is 6.23. The molecule has 0 radical (unpaired) electrons. The van der Waals surface area contributed by atoms with E-state index in [9.17, 15) is 5.11 Å². The van der Waals surface area contributed by atoms with E-state index >= 15 is 0 Å². The fourth-order valence-corrected chi connectivity index (χ4v) is 1.74. The van der Waals surface area contributed by atoms with Gasteiger partial charge in [0.25, 0.3) is 0 Å². The summed E-state index contributed by atoms with van der Waals surface area (Å²) < 4.78 is 0. The van der Waals surface area contributed by atoms with Crippen molar-refractivity contribution >= 4 is 11.7 Å². The number of β-amino-alcohol motifs (C(OH)–C–C–N with tert-alkyl or cyclic N) is 1. The van der Waals surface area contributed by atoms with Crippen LogP contribution in [0.25, 0.3) is 0 Å². The lowest BCUT2D eigenvalue weighted by Crippen LogP contribution is -2.23. The second-order valence-electron chi connectivity index (χ2n) is 3.75. The third-order valence-corrected chi connectivity index (χ3v) is 2.59. The van der Waals surface area contributed by atoms with Gasteiger partial charge in [-0.05, 0) is 18.6 Å². The highest BCUT2D eigenvalue weighted by molar-refractivity contribution is 5.95. The van der Waals surface area contributed by atoms with Crippen LogP contribution in [0.4, 0.5) is 5.82 Å². The van der Waals surface area contributed by atoms with Crippen molar-refractivity contribution in [2.24, 2.45) is 10.9 Å². The van der Waals surface area contributed by atoms with E-state index in [2.05, 4.69) is 10.1 Å². The van der Waals surface area contributed by atoms with Crippen LogP contribution < -0.4 is 10.6 Å². The molecule has 4 N–H and O–H groups in total. The van der Waals surface area contributed by atoms with Crippen LogP contribution in [0, 0.1) is 0 Å². The molecule has 86 valence electrons. The minimum absolute atomic E-state index is 0.0124. The Morgan fingerprint density at radius 3 is 3.00 bits per heavy atom. The lowest BCUT2D eigenvalue weighted by molar-refractivity contribution is 0.198. The molecule has 0 saturated carbocycles. The normalized spacial score (nSPS) is 21.4. The van der Waals surface area contributed by atoms with Gasteiger partial charge in [0, 0.05) is 13.1 Å². The molecule has 16 heavy (non-hydrogen) atoms. The number of amidine groups is 1. The lowest BCUT2D eigenvalue weighted by atomic mass is 10.3. The predicted molar refractivity (Wildman–Crippen MR) is 59.6 cm³/mol. The van der Waals surface area contributed by atoms with Crippen molar-refractivity contribution in [2.75, 3.05) is 18.0 Å². The van der Waals surface area contributed by atoms with Crippen molar-refractivity contribution in [1.82, 2.24) is 4.98 Å². The summed E-state index contributed by atoms with van der Waals surface area (Å²) in [5.74, 6) is 0.724. The number of rotatable bonds is 2. The number of pyridine rings is 1. The van der Waals surface area contributed by atoms with Crippen molar-refractivity contribution < 1.29 is 10.3 Å². The molecule has 1 atom stereocenters. The third-order valence-electron chi connectivity index (χ3n) is 2.59. The molecule has 1 fully saturated rings. The van der Waals surface area contributed by atoms with Gasteiger partial charge < -0.3 is 20.9 Å². The van der Waals surface area contributed by atoms with E-state index in [1.807, 2.05) is 11.0 Å². The Morgan fingerprint density at radius 2 is 2.38 bits per heavy atom. The van der Waals surface area contributed by atoms with Crippen LogP contribution in [0.15, 0.2) is 23.4 Å². The van der Waals surface area contributed by atoms with Crippen molar-refractivity contribution in [3.63, 3.8) is 0 Å². The molecule has 6 heteroatoms. The van der Waals surface area contributed by atoms with Gasteiger partial charge in [0.15, 0.2) is 5.84 Å². The number of oxime groups is 1. The van der Waals surface area contributed by atoms with E-state index in [0.717, 1.165) is 18.8 Å². The van der Waals surface area contributed by atoms with E-state index in [0.29, 0.717) is 12.2 Å². The summed E-state index contributed by atoms with van der Waals surface area (Å²) in [6.07, 6.45) is 0.449. The molecule has 1 aromatic rings.